The number of aliphatic hydroxyl groups excluding tert-OH is 2. The number of aliphatic hydroxyl groups is 2. The molecule has 9 atom stereocenters. The topological polar surface area (TPSA) is 321 Å². The number of nitrogens with two attached hydrogens (primary N) is 2. The highest BCUT2D eigenvalue weighted by atomic mass is 16.4. The van der Waals surface area contributed by atoms with Crippen LogP contribution in [0.4, 0.5) is 0 Å². The van der Waals surface area contributed by atoms with Gasteiger partial charge in [0.05, 0.1) is 31.3 Å². The van der Waals surface area contributed by atoms with Gasteiger partial charge in [-0.3, -0.25) is 33.6 Å². The Morgan fingerprint density at radius 1 is 0.759 bits per heavy atom. The summed E-state index contributed by atoms with van der Waals surface area (Å²) in [6.07, 6.45) is -1.65. The minimum Gasteiger partial charge on any atom is -0.480 e. The molecule has 0 bridgehead atoms. The van der Waals surface area contributed by atoms with Gasteiger partial charge in [-0.1, -0.05) is 78.3 Å². The molecule has 58 heavy (non-hydrogen) atoms. The number of aliphatic carboxylic acids is 1. The molecule has 1 rings (SSSR count). The lowest BCUT2D eigenvalue weighted by Crippen LogP contribution is -2.65. The van der Waals surface area contributed by atoms with Gasteiger partial charge < -0.3 is 58.7 Å². The molecule has 19 heteroatoms. The third kappa shape index (κ3) is 16.1. The maximum absolute atomic E-state index is 13.8. The van der Waals surface area contributed by atoms with Crippen LogP contribution in [0.15, 0.2) is 30.3 Å². The maximum Gasteiger partial charge on any atom is 0.326 e. The first-order valence-corrected chi connectivity index (χ1v) is 19.4. The van der Waals surface area contributed by atoms with Crippen LogP contribution in [-0.4, -0.2) is 124 Å². The molecule has 0 aliphatic heterocycles. The number of hydrogen-bond donors (Lipinski definition) is 11. The third-order valence-corrected chi connectivity index (χ3v) is 9.54. The SMILES string of the molecule is CC[C@@H](C)[C@@H](NC(=O)CNC(=O)C(CO)(Cc1ccccc1)NC(=O)[C@@H](N)CC(=O)[C@H](C)N)C(=O)N[C@@H](CC(C)C)C(=O)N[C@H](C(=O)N[C@H](C(=O)O)C(C)C)[C@@H](C)O. The molecule has 1 aromatic carbocycles. The van der Waals surface area contributed by atoms with Crippen molar-refractivity contribution in [3.63, 3.8) is 0 Å². The van der Waals surface area contributed by atoms with Crippen LogP contribution in [0, 0.1) is 17.8 Å². The Kier molecular flexibility index (Phi) is 21.2. The van der Waals surface area contributed by atoms with Gasteiger partial charge in [-0.15, -0.1) is 0 Å². The summed E-state index contributed by atoms with van der Waals surface area (Å²) in [4.78, 5) is 104. The second-order valence-corrected chi connectivity index (χ2v) is 15.6. The first kappa shape index (κ1) is 51.0. The molecule has 0 heterocycles. The average molecular weight is 821 g/mol. The summed E-state index contributed by atoms with van der Waals surface area (Å²) < 4.78 is 0. The second kappa shape index (κ2) is 24.1. The molecule has 1 aromatic rings. The van der Waals surface area contributed by atoms with E-state index in [9.17, 15) is 53.7 Å². The number of nitrogens with one attached hydrogen (secondary N) is 6. The number of carboxylic acids is 1. The van der Waals surface area contributed by atoms with Crippen molar-refractivity contribution in [1.82, 2.24) is 31.9 Å². The largest absolute Gasteiger partial charge is 0.480 e. The van der Waals surface area contributed by atoms with Crippen LogP contribution < -0.4 is 43.4 Å². The van der Waals surface area contributed by atoms with Gasteiger partial charge in [-0.25, -0.2) is 4.79 Å². The number of Topliss-reactive ketones (excluding diaryl/α,β-unsaturated/α-hetero) is 1. The van der Waals surface area contributed by atoms with Crippen molar-refractivity contribution >= 4 is 47.2 Å². The summed E-state index contributed by atoms with van der Waals surface area (Å²) >= 11 is 0. The monoisotopic (exact) mass is 820 g/mol. The van der Waals surface area contributed by atoms with E-state index in [0.717, 1.165) is 0 Å². The van der Waals surface area contributed by atoms with E-state index in [1.165, 1.54) is 13.8 Å². The Balaban J connectivity index is 3.26. The molecular formula is C39H64N8O11. The summed E-state index contributed by atoms with van der Waals surface area (Å²) in [5, 5.41) is 45.2. The zero-order chi connectivity index (χ0) is 44.5. The van der Waals surface area contributed by atoms with Gasteiger partial charge in [0.2, 0.25) is 35.4 Å². The minimum absolute atomic E-state index is 0.0755. The standard InChI is InChI=1S/C39H64N8O11/c1-9-22(6)31(35(54)43-27(15-20(2)3)34(53)46-32(24(8)49)36(55)45-30(21(4)5)37(56)57)44-29(51)18-42-38(58)39(19-48,17-25-13-11-10-12-14-25)47-33(52)26(41)16-28(50)23(7)40/h10-14,20-24,26-27,30-32,48-49H,9,15-19,40-41H2,1-8H3,(H,42,58)(H,43,54)(H,44,51)(H,45,55)(H,46,53)(H,47,52)(H,56,57)/t22-,23+,24-,26+,27+,30+,31-,32+,39?/m1/s1. The van der Waals surface area contributed by atoms with Crippen molar-refractivity contribution in [2.75, 3.05) is 13.2 Å². The molecule has 19 nitrogen and oxygen atoms in total. The molecule has 0 spiro atoms. The number of hydrogen-bond acceptors (Lipinski definition) is 12. The Morgan fingerprint density at radius 3 is 1.81 bits per heavy atom. The smallest absolute Gasteiger partial charge is 0.326 e. The molecule has 0 saturated heterocycles. The van der Waals surface area contributed by atoms with Crippen molar-refractivity contribution in [2.45, 2.75) is 129 Å². The fourth-order valence-electron chi connectivity index (χ4n) is 5.75. The van der Waals surface area contributed by atoms with Gasteiger partial charge >= 0.3 is 5.97 Å². The van der Waals surface area contributed by atoms with Gasteiger partial charge in [0.1, 0.15) is 29.7 Å². The number of benzene rings is 1. The maximum atomic E-state index is 13.8. The molecule has 0 aromatic heterocycles. The molecule has 6 amide bonds. The summed E-state index contributed by atoms with van der Waals surface area (Å²) in [6.45, 7) is 11.2. The fourth-order valence-corrected chi connectivity index (χ4v) is 5.75. The van der Waals surface area contributed by atoms with Gasteiger partial charge in [0.15, 0.2) is 5.78 Å². The van der Waals surface area contributed by atoms with E-state index in [1.807, 2.05) is 0 Å². The summed E-state index contributed by atoms with van der Waals surface area (Å²) in [5.74, 6) is -8.27. The van der Waals surface area contributed by atoms with Crippen LogP contribution in [0.2, 0.25) is 0 Å². The lowest BCUT2D eigenvalue weighted by atomic mass is 9.89. The van der Waals surface area contributed by atoms with Crippen LogP contribution in [0.5, 0.6) is 0 Å². The number of amides is 6. The normalized spacial score (nSPS) is 16.5. The van der Waals surface area contributed by atoms with Crippen molar-refractivity contribution in [3.05, 3.63) is 35.9 Å². The Bertz CT molecular complexity index is 1570. The van der Waals surface area contributed by atoms with E-state index in [2.05, 4.69) is 31.9 Å². The Hall–Kier alpha value is -4.98. The first-order chi connectivity index (χ1) is 27.0. The van der Waals surface area contributed by atoms with Gasteiger partial charge in [-0.2, -0.15) is 0 Å². The third-order valence-electron chi connectivity index (χ3n) is 9.54. The van der Waals surface area contributed by atoms with E-state index in [-0.39, 0.29) is 18.8 Å². The van der Waals surface area contributed by atoms with Crippen molar-refractivity contribution in [1.29, 1.82) is 0 Å². The van der Waals surface area contributed by atoms with E-state index in [4.69, 9.17) is 11.5 Å². The summed E-state index contributed by atoms with van der Waals surface area (Å²) in [6, 6.07) is 0.728. The second-order valence-electron chi connectivity index (χ2n) is 15.6. The molecule has 326 valence electrons. The number of rotatable bonds is 25. The number of carbonyl (C=O) groups excluding carboxylic acids is 7. The van der Waals surface area contributed by atoms with Crippen molar-refractivity contribution in [2.24, 2.45) is 29.2 Å². The predicted octanol–water partition coefficient (Wildman–Crippen LogP) is -2.02. The van der Waals surface area contributed by atoms with Crippen molar-refractivity contribution < 1.29 is 53.7 Å². The highest BCUT2D eigenvalue weighted by Gasteiger charge is 2.42. The molecular weight excluding hydrogens is 756 g/mol. The molecule has 13 N–H and O–H groups in total. The highest BCUT2D eigenvalue weighted by Crippen LogP contribution is 2.16. The number of carboxylic acid groups (broad SMARTS) is 1. The van der Waals surface area contributed by atoms with Crippen LogP contribution >= 0.6 is 0 Å². The molecule has 0 fully saturated rings. The average Bonchev–Trinajstić information content (AvgIpc) is 3.15. The first-order valence-electron chi connectivity index (χ1n) is 19.4. The van der Waals surface area contributed by atoms with E-state index in [1.54, 1.807) is 71.9 Å². The molecule has 0 saturated carbocycles. The van der Waals surface area contributed by atoms with Crippen LogP contribution in [0.1, 0.15) is 80.2 Å². The number of ketones is 1. The van der Waals surface area contributed by atoms with Crippen LogP contribution in [0.25, 0.3) is 0 Å². The van der Waals surface area contributed by atoms with Crippen LogP contribution in [-0.2, 0) is 44.8 Å². The molecule has 0 aliphatic rings. The van der Waals surface area contributed by atoms with Crippen LogP contribution in [0.3, 0.4) is 0 Å². The summed E-state index contributed by atoms with van der Waals surface area (Å²) in [7, 11) is 0. The minimum atomic E-state index is -2.04. The predicted molar refractivity (Wildman–Crippen MR) is 213 cm³/mol. The van der Waals surface area contributed by atoms with E-state index < -0.39 is 126 Å². The quantitative estimate of drug-likeness (QED) is 0.0508. The zero-order valence-electron chi connectivity index (χ0n) is 34.7. The lowest BCUT2D eigenvalue weighted by Gasteiger charge is -2.33. The highest BCUT2D eigenvalue weighted by molar-refractivity contribution is 5.98. The fraction of sp³-hybridized carbons (Fsp3) is 0.641. The summed E-state index contributed by atoms with van der Waals surface area (Å²) in [5.41, 5.74) is 10.0. The molecule has 0 radical (unpaired) electrons. The Morgan fingerprint density at radius 2 is 1.33 bits per heavy atom. The Labute approximate surface area is 339 Å². The zero-order valence-corrected chi connectivity index (χ0v) is 34.7. The van der Waals surface area contributed by atoms with Gasteiger partial charge in [-0.05, 0) is 43.6 Å². The van der Waals surface area contributed by atoms with Crippen molar-refractivity contribution in [3.8, 4) is 0 Å². The van der Waals surface area contributed by atoms with Gasteiger partial charge in [0.25, 0.3) is 0 Å². The molecule has 1 unspecified atom stereocenters. The number of carbonyl (C=O) groups is 8. The molecule has 0 aliphatic carbocycles. The van der Waals surface area contributed by atoms with E-state index >= 15 is 0 Å². The lowest BCUT2D eigenvalue weighted by molar-refractivity contribution is -0.144. The van der Waals surface area contributed by atoms with E-state index in [0.29, 0.717) is 12.0 Å². The van der Waals surface area contributed by atoms with Gasteiger partial charge in [0, 0.05) is 12.8 Å².